The maximum atomic E-state index is 12.0. The molecule has 0 aliphatic heterocycles. The number of benzene rings is 1. The maximum absolute atomic E-state index is 12.0. The predicted octanol–water partition coefficient (Wildman–Crippen LogP) is 2.30. The van der Waals surface area contributed by atoms with Crippen LogP contribution in [0.4, 0.5) is 0 Å². The molecular formula is C16H18N2O2S. The van der Waals surface area contributed by atoms with Gasteiger partial charge in [0.25, 0.3) is 11.5 Å². The van der Waals surface area contributed by atoms with E-state index < -0.39 is 0 Å². The van der Waals surface area contributed by atoms with E-state index in [0.717, 1.165) is 0 Å². The number of hydrogen-bond acceptors (Lipinski definition) is 3. The lowest BCUT2D eigenvalue weighted by Crippen LogP contribution is -2.30. The van der Waals surface area contributed by atoms with Crippen LogP contribution >= 0.6 is 11.8 Å². The third kappa shape index (κ3) is 4.49. The van der Waals surface area contributed by atoms with Crippen molar-refractivity contribution in [1.82, 2.24) is 9.88 Å². The number of aromatic nitrogens is 1. The van der Waals surface area contributed by atoms with Crippen LogP contribution in [0, 0.1) is 0 Å². The zero-order chi connectivity index (χ0) is 15.2. The zero-order valence-corrected chi connectivity index (χ0v) is 12.9. The van der Waals surface area contributed by atoms with Crippen molar-refractivity contribution in [2.75, 3.05) is 6.54 Å². The second-order valence-electron chi connectivity index (χ2n) is 4.82. The van der Waals surface area contributed by atoms with E-state index in [2.05, 4.69) is 12.2 Å². The summed E-state index contributed by atoms with van der Waals surface area (Å²) in [5.41, 5.74) is 0.212. The summed E-state index contributed by atoms with van der Waals surface area (Å²) in [6, 6.07) is 13.1. The highest BCUT2D eigenvalue weighted by molar-refractivity contribution is 8.00. The quantitative estimate of drug-likeness (QED) is 0.862. The van der Waals surface area contributed by atoms with Crippen LogP contribution in [0.3, 0.4) is 0 Å². The van der Waals surface area contributed by atoms with Crippen molar-refractivity contribution < 1.29 is 4.79 Å². The van der Waals surface area contributed by atoms with Gasteiger partial charge in [-0.15, -0.1) is 11.8 Å². The molecule has 21 heavy (non-hydrogen) atoms. The lowest BCUT2D eigenvalue weighted by atomic mass is 10.2. The zero-order valence-electron chi connectivity index (χ0n) is 12.1. The molecule has 5 heteroatoms. The SMILES string of the molecule is C[C@H](CNC(=O)c1ccn(C)c(=O)c1)Sc1ccccc1. The molecule has 1 atom stereocenters. The van der Waals surface area contributed by atoms with Gasteiger partial charge < -0.3 is 9.88 Å². The van der Waals surface area contributed by atoms with Crippen LogP contribution < -0.4 is 10.9 Å². The minimum atomic E-state index is -0.215. The van der Waals surface area contributed by atoms with Crippen molar-refractivity contribution in [2.45, 2.75) is 17.1 Å². The third-order valence-electron chi connectivity index (χ3n) is 3.00. The van der Waals surface area contributed by atoms with E-state index in [9.17, 15) is 9.59 Å². The van der Waals surface area contributed by atoms with E-state index in [4.69, 9.17) is 0 Å². The van der Waals surface area contributed by atoms with Crippen LogP contribution in [0.5, 0.6) is 0 Å². The van der Waals surface area contributed by atoms with Crippen molar-refractivity contribution in [3.63, 3.8) is 0 Å². The molecule has 0 spiro atoms. The molecular weight excluding hydrogens is 284 g/mol. The molecule has 4 nitrogen and oxygen atoms in total. The molecule has 0 aliphatic rings. The maximum Gasteiger partial charge on any atom is 0.251 e. The van der Waals surface area contributed by atoms with Crippen molar-refractivity contribution in [3.8, 4) is 0 Å². The van der Waals surface area contributed by atoms with Crippen LogP contribution in [-0.2, 0) is 7.05 Å². The number of rotatable bonds is 5. The van der Waals surface area contributed by atoms with Gasteiger partial charge in [-0.3, -0.25) is 9.59 Å². The van der Waals surface area contributed by atoms with Gasteiger partial charge in [0.15, 0.2) is 0 Å². The standard InChI is InChI=1S/C16H18N2O2S/c1-12(21-14-6-4-3-5-7-14)11-17-16(20)13-8-9-18(2)15(19)10-13/h3-10,12H,11H2,1-2H3,(H,17,20)/t12-/m1/s1. The first kappa shape index (κ1) is 15.4. The Hall–Kier alpha value is -2.01. The monoisotopic (exact) mass is 302 g/mol. The average Bonchev–Trinajstić information content (AvgIpc) is 2.48. The van der Waals surface area contributed by atoms with E-state index in [1.165, 1.54) is 15.5 Å². The Kier molecular flexibility index (Phi) is 5.22. The van der Waals surface area contributed by atoms with Gasteiger partial charge >= 0.3 is 0 Å². The molecule has 0 fully saturated rings. The Balaban J connectivity index is 1.88. The third-order valence-corrected chi connectivity index (χ3v) is 4.11. The summed E-state index contributed by atoms with van der Waals surface area (Å²) in [6.45, 7) is 2.61. The van der Waals surface area contributed by atoms with Gasteiger partial charge in [0.2, 0.25) is 0 Å². The minimum absolute atomic E-state index is 0.186. The first-order valence-electron chi connectivity index (χ1n) is 6.73. The second-order valence-corrected chi connectivity index (χ2v) is 6.33. The highest BCUT2D eigenvalue weighted by Gasteiger charge is 2.09. The molecule has 0 bridgehead atoms. The van der Waals surface area contributed by atoms with Crippen LogP contribution in [0.1, 0.15) is 17.3 Å². The van der Waals surface area contributed by atoms with Gasteiger partial charge in [-0.25, -0.2) is 0 Å². The number of carbonyl (C=O) groups excluding carboxylic acids is 1. The highest BCUT2D eigenvalue weighted by Crippen LogP contribution is 2.21. The van der Waals surface area contributed by atoms with Crippen molar-refractivity contribution in [1.29, 1.82) is 0 Å². The smallest absolute Gasteiger partial charge is 0.251 e. The molecule has 0 unspecified atom stereocenters. The summed E-state index contributed by atoms with van der Waals surface area (Å²) in [7, 11) is 1.66. The van der Waals surface area contributed by atoms with E-state index in [-0.39, 0.29) is 16.7 Å². The van der Waals surface area contributed by atoms with Gasteiger partial charge in [-0.2, -0.15) is 0 Å². The summed E-state index contributed by atoms with van der Waals surface area (Å²) in [6.07, 6.45) is 1.60. The Labute approximate surface area is 128 Å². The largest absolute Gasteiger partial charge is 0.351 e. The van der Waals surface area contributed by atoms with Crippen molar-refractivity contribution in [3.05, 3.63) is 64.6 Å². The molecule has 0 radical (unpaired) electrons. The molecule has 110 valence electrons. The first-order chi connectivity index (χ1) is 10.1. The molecule has 0 aliphatic carbocycles. The summed E-state index contributed by atoms with van der Waals surface area (Å²) in [5, 5.41) is 3.11. The van der Waals surface area contributed by atoms with E-state index in [1.807, 2.05) is 30.3 Å². The van der Waals surface area contributed by atoms with Crippen LogP contribution in [-0.4, -0.2) is 22.3 Å². The van der Waals surface area contributed by atoms with Gasteiger partial charge in [0, 0.05) is 41.6 Å². The average molecular weight is 302 g/mol. The fraction of sp³-hybridized carbons (Fsp3) is 0.250. The van der Waals surface area contributed by atoms with E-state index in [0.29, 0.717) is 12.1 Å². The summed E-state index contributed by atoms with van der Waals surface area (Å²) >= 11 is 1.71. The number of nitrogens with zero attached hydrogens (tertiary/aromatic N) is 1. The number of nitrogens with one attached hydrogen (secondary N) is 1. The fourth-order valence-corrected chi connectivity index (χ4v) is 2.75. The molecule has 1 aromatic carbocycles. The fourth-order valence-electron chi connectivity index (χ4n) is 1.80. The summed E-state index contributed by atoms with van der Waals surface area (Å²) < 4.78 is 1.44. The number of aryl methyl sites for hydroxylation is 1. The van der Waals surface area contributed by atoms with Gasteiger partial charge in [-0.1, -0.05) is 25.1 Å². The van der Waals surface area contributed by atoms with Crippen molar-refractivity contribution >= 4 is 17.7 Å². The number of hydrogen-bond donors (Lipinski definition) is 1. The topological polar surface area (TPSA) is 51.1 Å². The Bertz CT molecular complexity index is 667. The number of thioether (sulfide) groups is 1. The van der Waals surface area contributed by atoms with E-state index >= 15 is 0 Å². The van der Waals surface area contributed by atoms with Gasteiger partial charge in [-0.05, 0) is 18.2 Å². The van der Waals surface area contributed by atoms with Gasteiger partial charge in [0.05, 0.1) is 0 Å². The van der Waals surface area contributed by atoms with Crippen LogP contribution in [0.2, 0.25) is 0 Å². The molecule has 1 aromatic heterocycles. The first-order valence-corrected chi connectivity index (χ1v) is 7.61. The number of pyridine rings is 1. The second kappa shape index (κ2) is 7.13. The Morgan fingerprint density at radius 1 is 1.29 bits per heavy atom. The minimum Gasteiger partial charge on any atom is -0.351 e. The molecule has 0 saturated heterocycles. The number of amides is 1. The molecule has 2 aromatic rings. The van der Waals surface area contributed by atoms with Crippen LogP contribution in [0.15, 0.2) is 58.4 Å². The lowest BCUT2D eigenvalue weighted by Gasteiger charge is -2.12. The predicted molar refractivity (Wildman–Crippen MR) is 85.8 cm³/mol. The number of carbonyl (C=O) groups is 1. The van der Waals surface area contributed by atoms with Crippen molar-refractivity contribution in [2.24, 2.45) is 7.05 Å². The molecule has 0 saturated carbocycles. The molecule has 1 heterocycles. The Morgan fingerprint density at radius 3 is 2.67 bits per heavy atom. The molecule has 2 rings (SSSR count). The normalized spacial score (nSPS) is 11.9. The van der Waals surface area contributed by atoms with Crippen LogP contribution in [0.25, 0.3) is 0 Å². The Morgan fingerprint density at radius 2 is 2.00 bits per heavy atom. The van der Waals surface area contributed by atoms with Gasteiger partial charge in [0.1, 0.15) is 0 Å². The highest BCUT2D eigenvalue weighted by atomic mass is 32.2. The molecule has 1 N–H and O–H groups in total. The summed E-state index contributed by atoms with van der Waals surface area (Å²) in [4.78, 5) is 24.7. The van der Waals surface area contributed by atoms with E-state index in [1.54, 1.807) is 31.1 Å². The summed E-state index contributed by atoms with van der Waals surface area (Å²) in [5.74, 6) is -0.215. The molecule has 1 amide bonds. The lowest BCUT2D eigenvalue weighted by molar-refractivity contribution is 0.0954.